The van der Waals surface area contributed by atoms with Crippen molar-refractivity contribution in [3.8, 4) is 0 Å². The fourth-order valence-electron chi connectivity index (χ4n) is 1.26. The SMILES string of the molecule is O=P1(F)OCC(CC2OP(F)OC2F)O1. The lowest BCUT2D eigenvalue weighted by Gasteiger charge is -2.12. The van der Waals surface area contributed by atoms with Crippen LogP contribution in [0.2, 0.25) is 0 Å². The lowest BCUT2D eigenvalue weighted by molar-refractivity contribution is 0.0169. The molecule has 0 N–H and O–H groups in total. The highest BCUT2D eigenvalue weighted by Gasteiger charge is 2.44. The zero-order valence-corrected chi connectivity index (χ0v) is 9.00. The normalized spacial score (nSPS) is 51.1. The molecule has 0 saturated carbocycles. The van der Waals surface area contributed by atoms with Gasteiger partial charge in [-0.3, -0.25) is 18.1 Å². The molecule has 15 heavy (non-hydrogen) atoms. The Labute approximate surface area is 84.5 Å². The quantitative estimate of drug-likeness (QED) is 0.719. The van der Waals surface area contributed by atoms with E-state index in [2.05, 4.69) is 18.1 Å². The standard InChI is InChI=1S/C5H7F3O5P2/c6-5-4(11-14(7)12-5)1-3-2-10-15(8,9)13-3/h3-5H,1-2H2. The maximum absolute atomic E-state index is 12.9. The van der Waals surface area contributed by atoms with E-state index < -0.39 is 35.2 Å². The summed E-state index contributed by atoms with van der Waals surface area (Å²) >= 11 is 0. The Morgan fingerprint density at radius 2 is 2.20 bits per heavy atom. The minimum Gasteiger partial charge on any atom is -0.300 e. The van der Waals surface area contributed by atoms with Gasteiger partial charge in [-0.1, -0.05) is 0 Å². The topological polar surface area (TPSA) is 54.0 Å². The van der Waals surface area contributed by atoms with Gasteiger partial charge in [0.25, 0.3) is 0 Å². The van der Waals surface area contributed by atoms with E-state index in [4.69, 9.17) is 0 Å². The van der Waals surface area contributed by atoms with Gasteiger partial charge in [0.1, 0.15) is 6.10 Å². The molecule has 10 heteroatoms. The number of halogens is 3. The van der Waals surface area contributed by atoms with Crippen molar-refractivity contribution in [1.29, 1.82) is 0 Å². The summed E-state index contributed by atoms with van der Waals surface area (Å²) in [5, 5.41) is 0. The average Bonchev–Trinajstić information content (AvgIpc) is 2.57. The minimum absolute atomic E-state index is 0.169. The Hall–Kier alpha value is 0.290. The van der Waals surface area contributed by atoms with Gasteiger partial charge in [0, 0.05) is 6.42 Å². The van der Waals surface area contributed by atoms with Crippen LogP contribution in [0, 0.1) is 0 Å². The summed E-state index contributed by atoms with van der Waals surface area (Å²) in [6, 6.07) is 0. The number of hydrogen-bond donors (Lipinski definition) is 0. The molecular weight excluding hydrogens is 259 g/mol. The number of rotatable bonds is 2. The van der Waals surface area contributed by atoms with Crippen molar-refractivity contribution in [2.45, 2.75) is 25.0 Å². The zero-order chi connectivity index (χ0) is 11.1. The molecule has 2 saturated heterocycles. The van der Waals surface area contributed by atoms with E-state index in [-0.39, 0.29) is 13.0 Å². The van der Waals surface area contributed by atoms with Crippen LogP contribution in [-0.2, 0) is 22.7 Å². The van der Waals surface area contributed by atoms with E-state index >= 15 is 0 Å². The largest absolute Gasteiger partial charge is 0.513 e. The first-order chi connectivity index (χ1) is 6.96. The van der Waals surface area contributed by atoms with Crippen molar-refractivity contribution < 1.29 is 35.4 Å². The molecule has 0 aromatic carbocycles. The third-order valence-corrected chi connectivity index (χ3v) is 3.69. The molecule has 5 nitrogen and oxygen atoms in total. The van der Waals surface area contributed by atoms with Gasteiger partial charge >= 0.3 is 16.6 Å². The maximum atomic E-state index is 12.9. The smallest absolute Gasteiger partial charge is 0.300 e. The molecule has 0 aliphatic carbocycles. The predicted octanol–water partition coefficient (Wildman–Crippen LogP) is 2.78. The van der Waals surface area contributed by atoms with Crippen molar-refractivity contribution in [3.05, 3.63) is 0 Å². The highest BCUT2D eigenvalue weighted by atomic mass is 31.2. The van der Waals surface area contributed by atoms with E-state index in [0.717, 1.165) is 0 Å². The van der Waals surface area contributed by atoms with Gasteiger partial charge in [0.2, 0.25) is 6.36 Å². The summed E-state index contributed by atoms with van der Waals surface area (Å²) in [5.74, 6) is 0. The molecule has 0 radical (unpaired) electrons. The van der Waals surface area contributed by atoms with Crippen LogP contribution in [0.25, 0.3) is 0 Å². The molecule has 0 bridgehead atoms. The van der Waals surface area contributed by atoms with Crippen LogP contribution in [0.4, 0.5) is 12.8 Å². The molecule has 2 aliphatic heterocycles. The van der Waals surface area contributed by atoms with E-state index in [9.17, 15) is 17.3 Å². The molecule has 2 rings (SSSR count). The van der Waals surface area contributed by atoms with Crippen LogP contribution in [0.5, 0.6) is 0 Å². The first-order valence-corrected chi connectivity index (χ1v) is 6.52. The Kier molecular flexibility index (Phi) is 3.36. The maximum Gasteiger partial charge on any atom is 0.513 e. The molecule has 0 amide bonds. The van der Waals surface area contributed by atoms with Gasteiger partial charge in [-0.05, 0) is 0 Å². The van der Waals surface area contributed by atoms with E-state index in [0.29, 0.717) is 0 Å². The first kappa shape index (κ1) is 11.8. The van der Waals surface area contributed by atoms with E-state index in [1.165, 1.54) is 0 Å². The van der Waals surface area contributed by atoms with Gasteiger partial charge in [0.05, 0.1) is 12.7 Å². The average molecular weight is 266 g/mol. The van der Waals surface area contributed by atoms with Crippen LogP contribution < -0.4 is 0 Å². The second-order valence-electron chi connectivity index (χ2n) is 3.00. The van der Waals surface area contributed by atoms with Gasteiger partial charge in [0.15, 0.2) is 0 Å². The Bertz CT molecular complexity index is 292. The summed E-state index contributed by atoms with van der Waals surface area (Å²) in [4.78, 5) is 0. The molecule has 0 aromatic heterocycles. The zero-order valence-electron chi connectivity index (χ0n) is 7.22. The molecule has 5 atom stereocenters. The molecule has 88 valence electrons. The summed E-state index contributed by atoms with van der Waals surface area (Å²) in [6.45, 7) is -0.273. The fourth-order valence-corrected chi connectivity index (χ4v) is 2.90. The third kappa shape index (κ3) is 2.90. The third-order valence-electron chi connectivity index (χ3n) is 1.88. The molecule has 2 aliphatic rings. The molecule has 5 unspecified atom stereocenters. The minimum atomic E-state index is -4.50. The first-order valence-electron chi connectivity index (χ1n) is 4.02. The fraction of sp³-hybridized carbons (Fsp3) is 1.00. The van der Waals surface area contributed by atoms with Crippen LogP contribution in [0.1, 0.15) is 6.42 Å². The lowest BCUT2D eigenvalue weighted by atomic mass is 10.2. The van der Waals surface area contributed by atoms with Crippen LogP contribution >= 0.6 is 16.6 Å². The van der Waals surface area contributed by atoms with Crippen LogP contribution in [0.15, 0.2) is 0 Å². The highest BCUT2D eigenvalue weighted by molar-refractivity contribution is 7.48. The van der Waals surface area contributed by atoms with Crippen molar-refractivity contribution in [2.75, 3.05) is 6.61 Å². The van der Waals surface area contributed by atoms with Gasteiger partial charge in [-0.2, -0.15) is 4.20 Å². The second-order valence-corrected chi connectivity index (χ2v) is 5.18. The Morgan fingerprint density at radius 3 is 2.67 bits per heavy atom. The summed E-state index contributed by atoms with van der Waals surface area (Å²) < 4.78 is 65.5. The van der Waals surface area contributed by atoms with Crippen LogP contribution in [0.3, 0.4) is 0 Å². The predicted molar refractivity (Wildman–Crippen MR) is 43.0 cm³/mol. The second kappa shape index (κ2) is 4.28. The van der Waals surface area contributed by atoms with Crippen molar-refractivity contribution in [2.24, 2.45) is 0 Å². The molecule has 2 heterocycles. The van der Waals surface area contributed by atoms with Crippen LogP contribution in [-0.4, -0.2) is 25.2 Å². The van der Waals surface area contributed by atoms with Crippen molar-refractivity contribution >= 4 is 16.6 Å². The number of hydrogen-bond acceptors (Lipinski definition) is 5. The molecule has 0 spiro atoms. The molecule has 0 aromatic rings. The molecular formula is C5H7F3O5P2. The monoisotopic (exact) mass is 266 g/mol. The van der Waals surface area contributed by atoms with E-state index in [1.807, 2.05) is 0 Å². The van der Waals surface area contributed by atoms with Gasteiger partial charge < -0.3 is 0 Å². The summed E-state index contributed by atoms with van der Waals surface area (Å²) in [5.41, 5.74) is 0. The van der Waals surface area contributed by atoms with E-state index in [1.54, 1.807) is 0 Å². The van der Waals surface area contributed by atoms with Gasteiger partial charge in [-0.25, -0.2) is 8.96 Å². The Balaban J connectivity index is 1.85. The lowest BCUT2D eigenvalue weighted by Crippen LogP contribution is -2.25. The van der Waals surface area contributed by atoms with Crippen molar-refractivity contribution in [1.82, 2.24) is 0 Å². The van der Waals surface area contributed by atoms with Gasteiger partial charge in [-0.15, -0.1) is 4.20 Å². The van der Waals surface area contributed by atoms with Crippen molar-refractivity contribution in [3.63, 3.8) is 0 Å². The Morgan fingerprint density at radius 1 is 1.47 bits per heavy atom. The summed E-state index contributed by atoms with van der Waals surface area (Å²) in [6.07, 6.45) is -4.16. The number of alkyl halides is 1. The molecule has 2 fully saturated rings. The summed E-state index contributed by atoms with van der Waals surface area (Å²) in [7, 11) is -7.22. The highest BCUT2D eigenvalue weighted by Crippen LogP contribution is 2.57.